The number of hydrogen-bond donors (Lipinski definition) is 0. The van der Waals surface area contributed by atoms with Crippen molar-refractivity contribution in [3.8, 4) is 5.75 Å². The number of carbonyl (C=O) groups is 1. The van der Waals surface area contributed by atoms with Gasteiger partial charge in [-0.3, -0.25) is 4.79 Å². The number of rotatable bonds is 5. The summed E-state index contributed by atoms with van der Waals surface area (Å²) in [6.45, 7) is 5.60. The standard InChI is InChI=1S/C25H25N3O3S/c1-16-21(17(2)31-27-16)15-30-20-9-5-7-18(13-20)25(29)28-12-6-8-19(14-28)24-26-22-10-3-4-11-23(22)32-24/h3-5,7,9-11,13,19H,6,8,12,14-15H2,1-2H3/t19-/m0/s1. The van der Waals surface area contributed by atoms with Gasteiger partial charge in [0, 0.05) is 24.6 Å². The molecule has 0 N–H and O–H groups in total. The second kappa shape index (κ2) is 8.74. The number of benzene rings is 2. The summed E-state index contributed by atoms with van der Waals surface area (Å²) in [5, 5.41) is 5.09. The number of amides is 1. The van der Waals surface area contributed by atoms with E-state index < -0.39 is 0 Å². The Morgan fingerprint density at radius 1 is 1.22 bits per heavy atom. The molecule has 2 aromatic heterocycles. The molecule has 1 fully saturated rings. The van der Waals surface area contributed by atoms with Crippen LogP contribution in [0.3, 0.4) is 0 Å². The first-order valence-electron chi connectivity index (χ1n) is 10.9. The SMILES string of the molecule is Cc1noc(C)c1COc1cccc(C(=O)N2CCC[C@H](c3nc4ccccc4s3)C2)c1. The van der Waals surface area contributed by atoms with Gasteiger partial charge in [-0.25, -0.2) is 4.98 Å². The Morgan fingerprint density at radius 3 is 2.91 bits per heavy atom. The maximum atomic E-state index is 13.3. The maximum absolute atomic E-state index is 13.3. The van der Waals surface area contributed by atoms with Crippen LogP contribution in [0.2, 0.25) is 0 Å². The van der Waals surface area contributed by atoms with Crippen LogP contribution in [0.25, 0.3) is 10.2 Å². The smallest absolute Gasteiger partial charge is 0.254 e. The maximum Gasteiger partial charge on any atom is 0.254 e. The average molecular weight is 448 g/mol. The fraction of sp³-hybridized carbons (Fsp3) is 0.320. The molecule has 0 spiro atoms. The molecule has 0 aliphatic carbocycles. The minimum atomic E-state index is 0.0404. The summed E-state index contributed by atoms with van der Waals surface area (Å²) in [4.78, 5) is 20.1. The summed E-state index contributed by atoms with van der Waals surface area (Å²) in [6.07, 6.45) is 2.04. The second-order valence-corrected chi connectivity index (χ2v) is 9.29. The fourth-order valence-corrected chi connectivity index (χ4v) is 5.29. The first-order valence-corrected chi connectivity index (χ1v) is 11.7. The van der Waals surface area contributed by atoms with Crippen LogP contribution < -0.4 is 4.74 Å². The number of ether oxygens (including phenoxy) is 1. The Morgan fingerprint density at radius 2 is 2.09 bits per heavy atom. The van der Waals surface area contributed by atoms with E-state index in [1.54, 1.807) is 11.3 Å². The van der Waals surface area contributed by atoms with E-state index in [-0.39, 0.29) is 11.8 Å². The highest BCUT2D eigenvalue weighted by Gasteiger charge is 2.27. The van der Waals surface area contributed by atoms with Crippen molar-refractivity contribution < 1.29 is 14.1 Å². The Kier molecular flexibility index (Phi) is 5.66. The molecule has 5 rings (SSSR count). The minimum Gasteiger partial charge on any atom is -0.489 e. The molecule has 1 atom stereocenters. The molecule has 1 aliphatic rings. The van der Waals surface area contributed by atoms with Crippen molar-refractivity contribution in [2.45, 2.75) is 39.2 Å². The molecule has 3 heterocycles. The molecular formula is C25H25N3O3S. The van der Waals surface area contributed by atoms with E-state index in [0.717, 1.165) is 46.9 Å². The number of nitrogens with zero attached hydrogens (tertiary/aromatic N) is 3. The molecule has 1 saturated heterocycles. The zero-order chi connectivity index (χ0) is 22.1. The molecule has 1 amide bonds. The van der Waals surface area contributed by atoms with Crippen molar-refractivity contribution in [3.05, 3.63) is 76.1 Å². The molecule has 32 heavy (non-hydrogen) atoms. The Bertz CT molecular complexity index is 1210. The van der Waals surface area contributed by atoms with Crippen molar-refractivity contribution in [1.82, 2.24) is 15.0 Å². The second-order valence-electron chi connectivity index (χ2n) is 8.23. The lowest BCUT2D eigenvalue weighted by Crippen LogP contribution is -2.39. The van der Waals surface area contributed by atoms with Gasteiger partial charge in [-0.15, -0.1) is 11.3 Å². The zero-order valence-electron chi connectivity index (χ0n) is 18.2. The lowest BCUT2D eigenvalue weighted by Gasteiger charge is -2.32. The van der Waals surface area contributed by atoms with Gasteiger partial charge in [-0.1, -0.05) is 23.4 Å². The molecule has 0 saturated carbocycles. The van der Waals surface area contributed by atoms with Crippen LogP contribution in [0.1, 0.15) is 51.1 Å². The van der Waals surface area contributed by atoms with E-state index in [1.165, 1.54) is 4.70 Å². The van der Waals surface area contributed by atoms with Crippen LogP contribution >= 0.6 is 11.3 Å². The van der Waals surface area contributed by atoms with E-state index in [1.807, 2.05) is 55.1 Å². The van der Waals surface area contributed by atoms with E-state index >= 15 is 0 Å². The summed E-state index contributed by atoms with van der Waals surface area (Å²) in [5.41, 5.74) is 3.45. The monoisotopic (exact) mass is 447 g/mol. The zero-order valence-corrected chi connectivity index (χ0v) is 19.0. The van der Waals surface area contributed by atoms with Crippen LogP contribution in [0.4, 0.5) is 0 Å². The van der Waals surface area contributed by atoms with Crippen molar-refractivity contribution in [2.75, 3.05) is 13.1 Å². The summed E-state index contributed by atoms with van der Waals surface area (Å²) >= 11 is 1.74. The van der Waals surface area contributed by atoms with Crippen LogP contribution in [-0.2, 0) is 6.61 Å². The van der Waals surface area contributed by atoms with Crippen molar-refractivity contribution in [3.63, 3.8) is 0 Å². The summed E-state index contributed by atoms with van der Waals surface area (Å²) in [5.74, 6) is 1.74. The highest BCUT2D eigenvalue weighted by atomic mass is 32.1. The first kappa shape index (κ1) is 20.7. The molecule has 2 aromatic carbocycles. The third kappa shape index (κ3) is 4.12. The van der Waals surface area contributed by atoms with Gasteiger partial charge in [0.2, 0.25) is 0 Å². The van der Waals surface area contributed by atoms with E-state index in [4.69, 9.17) is 14.2 Å². The van der Waals surface area contributed by atoms with Gasteiger partial charge in [0.15, 0.2) is 0 Å². The van der Waals surface area contributed by atoms with Gasteiger partial charge >= 0.3 is 0 Å². The largest absolute Gasteiger partial charge is 0.489 e. The molecule has 1 aliphatic heterocycles. The number of aromatic nitrogens is 2. The van der Waals surface area contributed by atoms with E-state index in [9.17, 15) is 4.79 Å². The third-order valence-corrected chi connectivity index (χ3v) is 7.21. The number of thiazole rings is 1. The highest BCUT2D eigenvalue weighted by Crippen LogP contribution is 2.33. The van der Waals surface area contributed by atoms with E-state index in [0.29, 0.717) is 24.5 Å². The number of fused-ring (bicyclic) bond motifs is 1. The van der Waals surface area contributed by atoms with Crippen molar-refractivity contribution in [2.24, 2.45) is 0 Å². The van der Waals surface area contributed by atoms with Crippen LogP contribution in [0, 0.1) is 13.8 Å². The predicted octanol–water partition coefficient (Wildman–Crippen LogP) is 5.50. The Hall–Kier alpha value is -3.19. The molecule has 0 bridgehead atoms. The van der Waals surface area contributed by atoms with Crippen LogP contribution in [0.15, 0.2) is 53.1 Å². The van der Waals surface area contributed by atoms with Crippen LogP contribution in [0.5, 0.6) is 5.75 Å². The van der Waals surface area contributed by atoms with Crippen molar-refractivity contribution in [1.29, 1.82) is 0 Å². The molecular weight excluding hydrogens is 422 g/mol. The number of piperidine rings is 1. The third-order valence-electron chi connectivity index (χ3n) is 6.01. The average Bonchev–Trinajstić information content (AvgIpc) is 3.40. The Balaban J connectivity index is 1.28. The number of aryl methyl sites for hydroxylation is 2. The molecule has 4 aromatic rings. The van der Waals surface area contributed by atoms with Gasteiger partial charge < -0.3 is 14.2 Å². The topological polar surface area (TPSA) is 68.5 Å². The predicted molar refractivity (Wildman–Crippen MR) is 124 cm³/mol. The van der Waals surface area contributed by atoms with E-state index in [2.05, 4.69) is 17.3 Å². The summed E-state index contributed by atoms with van der Waals surface area (Å²) in [6, 6.07) is 15.6. The number of para-hydroxylation sites is 1. The number of hydrogen-bond acceptors (Lipinski definition) is 6. The lowest BCUT2D eigenvalue weighted by molar-refractivity contribution is 0.0706. The quantitative estimate of drug-likeness (QED) is 0.404. The van der Waals surface area contributed by atoms with Gasteiger partial charge in [0.05, 0.1) is 26.5 Å². The van der Waals surface area contributed by atoms with Crippen molar-refractivity contribution >= 4 is 27.5 Å². The summed E-state index contributed by atoms with van der Waals surface area (Å²) < 4.78 is 12.3. The van der Waals surface area contributed by atoms with Gasteiger partial charge in [0.25, 0.3) is 5.91 Å². The lowest BCUT2D eigenvalue weighted by atomic mass is 9.98. The fourth-order valence-electron chi connectivity index (χ4n) is 4.19. The molecule has 0 radical (unpaired) electrons. The minimum absolute atomic E-state index is 0.0404. The number of carbonyl (C=O) groups excluding carboxylic acids is 1. The van der Waals surface area contributed by atoms with Gasteiger partial charge in [-0.2, -0.15) is 0 Å². The molecule has 0 unspecified atom stereocenters. The normalized spacial score (nSPS) is 16.4. The molecule has 164 valence electrons. The van der Waals surface area contributed by atoms with Gasteiger partial charge in [-0.05, 0) is 57.0 Å². The highest BCUT2D eigenvalue weighted by molar-refractivity contribution is 7.18. The Labute approximate surface area is 190 Å². The first-order chi connectivity index (χ1) is 15.6. The summed E-state index contributed by atoms with van der Waals surface area (Å²) in [7, 11) is 0. The van der Waals surface area contributed by atoms with Gasteiger partial charge in [0.1, 0.15) is 18.1 Å². The molecule has 7 heteroatoms. The molecule has 6 nitrogen and oxygen atoms in total. The van der Waals surface area contributed by atoms with Crippen LogP contribution in [-0.4, -0.2) is 34.0 Å². The number of likely N-dealkylation sites (tertiary alicyclic amines) is 1.